The largest absolute Gasteiger partial charge is 0.484 e. The zero-order valence-electron chi connectivity index (χ0n) is 11.7. The molecule has 2 unspecified atom stereocenters. The van der Waals surface area contributed by atoms with Gasteiger partial charge in [0.15, 0.2) is 0 Å². The Morgan fingerprint density at radius 2 is 2.05 bits per heavy atom. The SMILES string of the molecule is CC(C)(C)c1ccc2c(c1)SC1CC=CC=CC1O2. The van der Waals surface area contributed by atoms with E-state index in [1.165, 1.54) is 10.5 Å². The fourth-order valence-corrected chi connectivity index (χ4v) is 3.67. The minimum Gasteiger partial charge on any atom is -0.484 e. The van der Waals surface area contributed by atoms with Gasteiger partial charge >= 0.3 is 0 Å². The monoisotopic (exact) mass is 272 g/mol. The molecule has 0 spiro atoms. The molecule has 0 aromatic heterocycles. The molecule has 0 saturated carbocycles. The summed E-state index contributed by atoms with van der Waals surface area (Å²) in [5.74, 6) is 1.03. The van der Waals surface area contributed by atoms with Gasteiger partial charge in [-0.25, -0.2) is 0 Å². The van der Waals surface area contributed by atoms with Crippen molar-refractivity contribution in [2.75, 3.05) is 0 Å². The Kier molecular flexibility index (Phi) is 3.22. The van der Waals surface area contributed by atoms with Crippen molar-refractivity contribution >= 4 is 11.8 Å². The van der Waals surface area contributed by atoms with Crippen LogP contribution >= 0.6 is 11.8 Å². The summed E-state index contributed by atoms with van der Waals surface area (Å²) >= 11 is 1.96. The molecule has 19 heavy (non-hydrogen) atoms. The molecule has 0 N–H and O–H groups in total. The van der Waals surface area contributed by atoms with Gasteiger partial charge in [0.1, 0.15) is 11.9 Å². The molecule has 3 rings (SSSR count). The second-order valence-electron chi connectivity index (χ2n) is 6.20. The lowest BCUT2D eigenvalue weighted by Gasteiger charge is -2.31. The van der Waals surface area contributed by atoms with E-state index in [2.05, 4.69) is 63.3 Å². The molecule has 0 saturated heterocycles. The maximum Gasteiger partial charge on any atom is 0.133 e. The number of ether oxygens (including phenoxy) is 1. The Bertz CT molecular complexity index is 537. The maximum absolute atomic E-state index is 6.14. The number of rotatable bonds is 0. The molecule has 2 atom stereocenters. The average molecular weight is 272 g/mol. The van der Waals surface area contributed by atoms with E-state index in [4.69, 9.17) is 4.74 Å². The summed E-state index contributed by atoms with van der Waals surface area (Å²) in [4.78, 5) is 1.29. The van der Waals surface area contributed by atoms with E-state index in [1.807, 2.05) is 11.8 Å². The molecule has 1 aromatic rings. The van der Waals surface area contributed by atoms with E-state index in [0.29, 0.717) is 5.25 Å². The smallest absolute Gasteiger partial charge is 0.133 e. The van der Waals surface area contributed by atoms with Gasteiger partial charge in [-0.15, -0.1) is 11.8 Å². The highest BCUT2D eigenvalue weighted by atomic mass is 32.2. The zero-order chi connectivity index (χ0) is 13.5. The van der Waals surface area contributed by atoms with Gasteiger partial charge in [0.05, 0.1) is 10.1 Å². The molecule has 1 nitrogen and oxygen atoms in total. The van der Waals surface area contributed by atoms with Crippen LogP contribution in [0.25, 0.3) is 0 Å². The second kappa shape index (κ2) is 4.75. The fraction of sp³-hybridized carbons (Fsp3) is 0.412. The van der Waals surface area contributed by atoms with Gasteiger partial charge in [0, 0.05) is 0 Å². The number of thioether (sulfide) groups is 1. The van der Waals surface area contributed by atoms with Crippen molar-refractivity contribution in [3.05, 3.63) is 48.1 Å². The molecule has 1 aromatic carbocycles. The van der Waals surface area contributed by atoms with Crippen LogP contribution < -0.4 is 4.74 Å². The van der Waals surface area contributed by atoms with Gasteiger partial charge in [-0.2, -0.15) is 0 Å². The minimum atomic E-state index is 0.190. The van der Waals surface area contributed by atoms with E-state index in [-0.39, 0.29) is 11.5 Å². The van der Waals surface area contributed by atoms with Crippen LogP contribution in [0.1, 0.15) is 32.8 Å². The lowest BCUT2D eigenvalue weighted by Crippen LogP contribution is -2.30. The van der Waals surface area contributed by atoms with Crippen LogP contribution in [0.2, 0.25) is 0 Å². The predicted molar refractivity (Wildman–Crippen MR) is 82.1 cm³/mol. The zero-order valence-corrected chi connectivity index (χ0v) is 12.5. The van der Waals surface area contributed by atoms with Gasteiger partial charge in [-0.05, 0) is 35.6 Å². The summed E-state index contributed by atoms with van der Waals surface area (Å²) in [6.07, 6.45) is 9.89. The van der Waals surface area contributed by atoms with Crippen molar-refractivity contribution in [1.29, 1.82) is 0 Å². The van der Waals surface area contributed by atoms with Crippen molar-refractivity contribution < 1.29 is 4.74 Å². The highest BCUT2D eigenvalue weighted by molar-refractivity contribution is 8.00. The van der Waals surface area contributed by atoms with Crippen LogP contribution in [0.4, 0.5) is 0 Å². The summed E-state index contributed by atoms with van der Waals surface area (Å²) in [6.45, 7) is 6.76. The molecule has 0 radical (unpaired) electrons. The summed E-state index contributed by atoms with van der Waals surface area (Å²) in [5.41, 5.74) is 1.57. The lowest BCUT2D eigenvalue weighted by atomic mass is 9.87. The van der Waals surface area contributed by atoms with Gasteiger partial charge in [0.25, 0.3) is 0 Å². The van der Waals surface area contributed by atoms with Crippen LogP contribution in [0, 0.1) is 0 Å². The quantitative estimate of drug-likeness (QED) is 0.675. The van der Waals surface area contributed by atoms with Crippen LogP contribution in [0.15, 0.2) is 47.4 Å². The molecule has 0 bridgehead atoms. The van der Waals surface area contributed by atoms with Crippen LogP contribution in [-0.4, -0.2) is 11.4 Å². The molecule has 1 heterocycles. The topological polar surface area (TPSA) is 9.23 Å². The number of fused-ring (bicyclic) bond motifs is 2. The third-order valence-electron chi connectivity index (χ3n) is 3.63. The van der Waals surface area contributed by atoms with Crippen molar-refractivity contribution in [3.8, 4) is 5.75 Å². The number of allylic oxidation sites excluding steroid dienone is 3. The summed E-state index contributed by atoms with van der Waals surface area (Å²) in [5, 5.41) is 0.498. The average Bonchev–Trinajstić information content (AvgIpc) is 2.58. The Hall–Kier alpha value is -1.15. The van der Waals surface area contributed by atoms with E-state index in [0.717, 1.165) is 12.2 Å². The van der Waals surface area contributed by atoms with Crippen LogP contribution in [0.5, 0.6) is 5.75 Å². The molecule has 100 valence electrons. The third-order valence-corrected chi connectivity index (χ3v) is 4.97. The molecule has 0 amide bonds. The summed E-state index contributed by atoms with van der Waals surface area (Å²) in [6, 6.07) is 6.62. The van der Waals surface area contributed by atoms with E-state index < -0.39 is 0 Å². The third kappa shape index (κ3) is 2.59. The van der Waals surface area contributed by atoms with E-state index in [1.54, 1.807) is 0 Å². The van der Waals surface area contributed by atoms with Crippen molar-refractivity contribution in [1.82, 2.24) is 0 Å². The molecule has 2 heteroatoms. The van der Waals surface area contributed by atoms with Crippen LogP contribution in [-0.2, 0) is 5.41 Å². The number of hydrogen-bond donors (Lipinski definition) is 0. The van der Waals surface area contributed by atoms with Gasteiger partial charge in [0.2, 0.25) is 0 Å². The summed E-state index contributed by atoms with van der Waals surface area (Å²) in [7, 11) is 0. The van der Waals surface area contributed by atoms with Crippen molar-refractivity contribution in [3.63, 3.8) is 0 Å². The summed E-state index contributed by atoms with van der Waals surface area (Å²) < 4.78 is 6.14. The van der Waals surface area contributed by atoms with Crippen molar-refractivity contribution in [2.45, 2.75) is 48.9 Å². The van der Waals surface area contributed by atoms with Gasteiger partial charge < -0.3 is 4.74 Å². The molecule has 2 aliphatic rings. The highest BCUT2D eigenvalue weighted by Crippen LogP contribution is 2.43. The first-order chi connectivity index (χ1) is 9.04. The van der Waals surface area contributed by atoms with E-state index in [9.17, 15) is 0 Å². The Balaban J connectivity index is 1.94. The lowest BCUT2D eigenvalue weighted by molar-refractivity contribution is 0.233. The van der Waals surface area contributed by atoms with Gasteiger partial charge in [-0.1, -0.05) is 45.1 Å². The highest BCUT2D eigenvalue weighted by Gasteiger charge is 2.29. The van der Waals surface area contributed by atoms with Crippen molar-refractivity contribution in [2.24, 2.45) is 0 Å². The first kappa shape index (κ1) is 12.9. The molecule has 0 fully saturated rings. The first-order valence-electron chi connectivity index (χ1n) is 6.85. The second-order valence-corrected chi connectivity index (χ2v) is 7.48. The first-order valence-corrected chi connectivity index (χ1v) is 7.73. The molecule has 1 aliphatic heterocycles. The Labute approximate surface area is 119 Å². The molecule has 1 aliphatic carbocycles. The number of hydrogen-bond acceptors (Lipinski definition) is 2. The molecular formula is C17H20OS. The standard InChI is InChI=1S/C17H20OS/c1-17(2,3)12-9-10-14-16(11-12)19-15-8-6-4-5-7-13(15)18-14/h4-7,9-11,13,15H,8H2,1-3H3. The fourth-order valence-electron chi connectivity index (χ4n) is 2.43. The minimum absolute atomic E-state index is 0.190. The molecular weight excluding hydrogens is 252 g/mol. The predicted octanol–water partition coefficient (Wildman–Crippen LogP) is 4.72. The normalized spacial score (nSPS) is 25.2. The maximum atomic E-state index is 6.14. The van der Waals surface area contributed by atoms with Crippen LogP contribution in [0.3, 0.4) is 0 Å². The number of benzene rings is 1. The van der Waals surface area contributed by atoms with Gasteiger partial charge in [-0.3, -0.25) is 0 Å². The Morgan fingerprint density at radius 1 is 1.21 bits per heavy atom. The Morgan fingerprint density at radius 3 is 2.84 bits per heavy atom. The van der Waals surface area contributed by atoms with E-state index >= 15 is 0 Å².